The summed E-state index contributed by atoms with van der Waals surface area (Å²) in [6, 6.07) is 1.51. The topological polar surface area (TPSA) is 64.5 Å². The Morgan fingerprint density at radius 3 is 2.86 bits per heavy atom. The van der Waals surface area contributed by atoms with E-state index in [9.17, 15) is 4.79 Å². The van der Waals surface area contributed by atoms with Gasteiger partial charge in [-0.3, -0.25) is 0 Å². The largest absolute Gasteiger partial charge is 0.478 e. The highest BCUT2D eigenvalue weighted by atomic mass is 16.5. The minimum atomic E-state index is -0.296. The maximum Gasteiger partial charge on any atom is 0.328 e. The van der Waals surface area contributed by atoms with Gasteiger partial charge in [0.15, 0.2) is 0 Å². The molecule has 1 aromatic rings. The van der Waals surface area contributed by atoms with E-state index in [0.717, 1.165) is 31.5 Å². The van der Waals surface area contributed by atoms with E-state index in [4.69, 9.17) is 9.47 Å². The molecule has 6 nitrogen and oxygen atoms in total. The van der Waals surface area contributed by atoms with Crippen LogP contribution in [0.4, 0.5) is 5.95 Å². The van der Waals surface area contributed by atoms with Crippen molar-refractivity contribution in [3.05, 3.63) is 11.8 Å². The van der Waals surface area contributed by atoms with Crippen molar-refractivity contribution in [1.29, 1.82) is 0 Å². The molecule has 0 N–H and O–H groups in total. The number of carbonyl (C=O) groups excluding carboxylic acids is 1. The minimum Gasteiger partial charge on any atom is -0.478 e. The Labute approximate surface area is 125 Å². The highest BCUT2D eigenvalue weighted by molar-refractivity contribution is 5.79. The number of hydrogen-bond donors (Lipinski definition) is 0. The lowest BCUT2D eigenvalue weighted by molar-refractivity contribution is -0.145. The van der Waals surface area contributed by atoms with Crippen molar-refractivity contribution in [3.8, 4) is 5.88 Å². The van der Waals surface area contributed by atoms with E-state index in [1.54, 1.807) is 6.07 Å². The monoisotopic (exact) mass is 293 g/mol. The molecule has 1 aromatic heterocycles. The SMILES string of the molecule is CCOC(=O)C1CCCCN1c1nc(C)cc(OCC)n1. The zero-order valence-corrected chi connectivity index (χ0v) is 13.0. The van der Waals surface area contributed by atoms with Crippen molar-refractivity contribution in [1.82, 2.24) is 9.97 Å². The second kappa shape index (κ2) is 7.24. The normalized spacial score (nSPS) is 18.4. The molecule has 0 bridgehead atoms. The summed E-state index contributed by atoms with van der Waals surface area (Å²) in [7, 11) is 0. The summed E-state index contributed by atoms with van der Waals surface area (Å²) in [4.78, 5) is 23.0. The standard InChI is InChI=1S/C15H23N3O3/c1-4-20-13-10-11(3)16-15(17-13)18-9-7-6-8-12(18)14(19)21-5-2/h10,12H,4-9H2,1-3H3. The molecule has 2 heterocycles. The Morgan fingerprint density at radius 2 is 2.14 bits per heavy atom. The van der Waals surface area contributed by atoms with E-state index in [-0.39, 0.29) is 12.0 Å². The summed E-state index contributed by atoms with van der Waals surface area (Å²) in [5.41, 5.74) is 0.830. The molecule has 0 saturated carbocycles. The molecule has 0 aliphatic carbocycles. The lowest BCUT2D eigenvalue weighted by atomic mass is 10.0. The number of ether oxygens (including phenoxy) is 2. The van der Waals surface area contributed by atoms with Crippen molar-refractivity contribution in [2.24, 2.45) is 0 Å². The first-order valence-corrected chi connectivity index (χ1v) is 7.57. The number of piperidine rings is 1. The summed E-state index contributed by atoms with van der Waals surface area (Å²) >= 11 is 0. The molecule has 6 heteroatoms. The third kappa shape index (κ3) is 3.83. The van der Waals surface area contributed by atoms with Gasteiger partial charge in [0.25, 0.3) is 0 Å². The lowest BCUT2D eigenvalue weighted by Crippen LogP contribution is -2.46. The van der Waals surface area contributed by atoms with Gasteiger partial charge in [-0.1, -0.05) is 0 Å². The van der Waals surface area contributed by atoms with Crippen LogP contribution in [0.3, 0.4) is 0 Å². The van der Waals surface area contributed by atoms with Crippen LogP contribution in [-0.4, -0.2) is 41.7 Å². The molecule has 1 unspecified atom stereocenters. The van der Waals surface area contributed by atoms with Crippen LogP contribution in [0, 0.1) is 6.92 Å². The molecule has 0 radical (unpaired) electrons. The number of esters is 1. The fourth-order valence-corrected chi connectivity index (χ4v) is 2.53. The maximum atomic E-state index is 12.1. The number of anilines is 1. The summed E-state index contributed by atoms with van der Waals surface area (Å²) in [5, 5.41) is 0. The van der Waals surface area contributed by atoms with Crippen LogP contribution in [0.5, 0.6) is 5.88 Å². The zero-order chi connectivity index (χ0) is 15.2. The van der Waals surface area contributed by atoms with Gasteiger partial charge in [0.1, 0.15) is 6.04 Å². The highest BCUT2D eigenvalue weighted by Gasteiger charge is 2.31. The van der Waals surface area contributed by atoms with Crippen molar-refractivity contribution >= 4 is 11.9 Å². The van der Waals surface area contributed by atoms with Gasteiger partial charge in [0.2, 0.25) is 11.8 Å². The quantitative estimate of drug-likeness (QED) is 0.775. The number of rotatable bonds is 5. The molecule has 1 atom stereocenters. The number of hydrogen-bond acceptors (Lipinski definition) is 6. The summed E-state index contributed by atoms with van der Waals surface area (Å²) in [6.45, 7) is 7.34. The average Bonchev–Trinajstić information content (AvgIpc) is 2.47. The molecular formula is C15H23N3O3. The Bertz CT molecular complexity index is 493. The molecular weight excluding hydrogens is 270 g/mol. The van der Waals surface area contributed by atoms with Crippen LogP contribution in [0.15, 0.2) is 6.07 Å². The Morgan fingerprint density at radius 1 is 1.33 bits per heavy atom. The highest BCUT2D eigenvalue weighted by Crippen LogP contribution is 2.24. The molecule has 1 fully saturated rings. The number of aromatic nitrogens is 2. The number of aryl methyl sites for hydroxylation is 1. The smallest absolute Gasteiger partial charge is 0.328 e. The Hall–Kier alpha value is -1.85. The minimum absolute atomic E-state index is 0.194. The summed E-state index contributed by atoms with van der Waals surface area (Å²) < 4.78 is 10.6. The zero-order valence-electron chi connectivity index (χ0n) is 13.0. The van der Waals surface area contributed by atoms with Crippen molar-refractivity contribution < 1.29 is 14.3 Å². The van der Waals surface area contributed by atoms with Crippen LogP contribution in [0.1, 0.15) is 38.8 Å². The molecule has 0 aromatic carbocycles. The molecule has 1 aliphatic heterocycles. The third-order valence-corrected chi connectivity index (χ3v) is 3.43. The first-order chi connectivity index (χ1) is 10.2. The van der Waals surface area contributed by atoms with Gasteiger partial charge in [-0.25, -0.2) is 9.78 Å². The van der Waals surface area contributed by atoms with Gasteiger partial charge in [0, 0.05) is 18.3 Å². The fourth-order valence-electron chi connectivity index (χ4n) is 2.53. The van der Waals surface area contributed by atoms with Gasteiger partial charge >= 0.3 is 5.97 Å². The molecule has 1 aliphatic rings. The van der Waals surface area contributed by atoms with Crippen LogP contribution in [0.2, 0.25) is 0 Å². The van der Waals surface area contributed by atoms with E-state index in [0.29, 0.717) is 25.0 Å². The van der Waals surface area contributed by atoms with Gasteiger partial charge in [-0.15, -0.1) is 0 Å². The maximum absolute atomic E-state index is 12.1. The Kier molecular flexibility index (Phi) is 5.36. The first kappa shape index (κ1) is 15.5. The molecule has 1 saturated heterocycles. The first-order valence-electron chi connectivity index (χ1n) is 7.57. The molecule has 0 spiro atoms. The van der Waals surface area contributed by atoms with Gasteiger partial charge in [-0.2, -0.15) is 4.98 Å². The molecule has 116 valence electrons. The second-order valence-electron chi connectivity index (χ2n) is 5.04. The third-order valence-electron chi connectivity index (χ3n) is 3.43. The molecule has 21 heavy (non-hydrogen) atoms. The Balaban J connectivity index is 2.26. The van der Waals surface area contributed by atoms with Crippen molar-refractivity contribution in [2.75, 3.05) is 24.7 Å². The number of nitrogens with zero attached hydrogens (tertiary/aromatic N) is 3. The van der Waals surface area contributed by atoms with Crippen LogP contribution < -0.4 is 9.64 Å². The van der Waals surface area contributed by atoms with Gasteiger partial charge < -0.3 is 14.4 Å². The summed E-state index contributed by atoms with van der Waals surface area (Å²) in [5.74, 6) is 0.907. The van der Waals surface area contributed by atoms with E-state index in [2.05, 4.69) is 9.97 Å². The van der Waals surface area contributed by atoms with E-state index in [1.165, 1.54) is 0 Å². The van der Waals surface area contributed by atoms with Gasteiger partial charge in [0.05, 0.1) is 13.2 Å². The fraction of sp³-hybridized carbons (Fsp3) is 0.667. The molecule has 0 amide bonds. The van der Waals surface area contributed by atoms with Crippen LogP contribution in [-0.2, 0) is 9.53 Å². The predicted octanol–water partition coefficient (Wildman–Crippen LogP) is 2.11. The van der Waals surface area contributed by atoms with E-state index >= 15 is 0 Å². The summed E-state index contributed by atoms with van der Waals surface area (Å²) in [6.07, 6.45) is 2.82. The lowest BCUT2D eigenvalue weighted by Gasteiger charge is -2.34. The van der Waals surface area contributed by atoms with Crippen LogP contribution >= 0.6 is 0 Å². The number of carbonyl (C=O) groups is 1. The van der Waals surface area contributed by atoms with Gasteiger partial charge in [-0.05, 0) is 40.0 Å². The van der Waals surface area contributed by atoms with E-state index < -0.39 is 0 Å². The average molecular weight is 293 g/mol. The van der Waals surface area contributed by atoms with Crippen molar-refractivity contribution in [2.45, 2.75) is 46.1 Å². The second-order valence-corrected chi connectivity index (χ2v) is 5.04. The van der Waals surface area contributed by atoms with E-state index in [1.807, 2.05) is 25.7 Å². The predicted molar refractivity (Wildman–Crippen MR) is 79.6 cm³/mol. The van der Waals surface area contributed by atoms with Crippen LogP contribution in [0.25, 0.3) is 0 Å². The van der Waals surface area contributed by atoms with Crippen molar-refractivity contribution in [3.63, 3.8) is 0 Å². The molecule has 2 rings (SSSR count).